The zero-order valence-corrected chi connectivity index (χ0v) is 13.8. The van der Waals surface area contributed by atoms with Crippen LogP contribution in [0, 0.1) is 0 Å². The maximum Gasteiger partial charge on any atom is 0.178 e. The van der Waals surface area contributed by atoms with Crippen LogP contribution in [0.2, 0.25) is 5.02 Å². The molecule has 0 radical (unpaired) electrons. The van der Waals surface area contributed by atoms with Crippen molar-refractivity contribution < 1.29 is 4.79 Å². The maximum atomic E-state index is 12.1. The predicted molar refractivity (Wildman–Crippen MR) is 88.1 cm³/mol. The zero-order valence-electron chi connectivity index (χ0n) is 10.6. The number of aromatic nitrogens is 3. The van der Waals surface area contributed by atoms with Crippen LogP contribution in [0.1, 0.15) is 10.4 Å². The van der Waals surface area contributed by atoms with Crippen molar-refractivity contribution in [1.29, 1.82) is 0 Å². The number of imidazole rings is 1. The third-order valence-electron chi connectivity index (χ3n) is 2.79. The van der Waals surface area contributed by atoms with Crippen molar-refractivity contribution in [2.45, 2.75) is 5.16 Å². The van der Waals surface area contributed by atoms with Crippen molar-refractivity contribution in [1.82, 2.24) is 15.0 Å². The molecule has 0 atom stereocenters. The van der Waals surface area contributed by atoms with Crippen LogP contribution in [0.4, 0.5) is 0 Å². The lowest BCUT2D eigenvalue weighted by Crippen LogP contribution is -2.02. The van der Waals surface area contributed by atoms with Gasteiger partial charge in [-0.3, -0.25) is 4.79 Å². The predicted octanol–water partition coefficient (Wildman–Crippen LogP) is 4.35. The number of H-pyrrole nitrogens is 1. The Morgan fingerprint density at radius 1 is 1.33 bits per heavy atom. The number of aromatic amines is 1. The number of thioether (sulfide) groups is 1. The third-order valence-corrected chi connectivity index (χ3v) is 4.40. The fourth-order valence-corrected chi connectivity index (χ4v) is 2.96. The summed E-state index contributed by atoms with van der Waals surface area (Å²) in [5.74, 6) is 0.369. The van der Waals surface area contributed by atoms with E-state index in [2.05, 4.69) is 30.9 Å². The van der Waals surface area contributed by atoms with Crippen molar-refractivity contribution >= 4 is 56.2 Å². The number of Topliss-reactive ketones (excluding diaryl/α,β-unsaturated/α-hetero) is 1. The van der Waals surface area contributed by atoms with Crippen molar-refractivity contribution in [2.24, 2.45) is 0 Å². The molecule has 0 fully saturated rings. The molecule has 2 aromatic heterocycles. The van der Waals surface area contributed by atoms with E-state index < -0.39 is 0 Å². The summed E-state index contributed by atoms with van der Waals surface area (Å²) in [6.07, 6.45) is 1.55. The number of benzene rings is 1. The highest BCUT2D eigenvalue weighted by atomic mass is 79.9. The number of halogens is 2. The molecule has 0 amide bonds. The quantitative estimate of drug-likeness (QED) is 0.538. The van der Waals surface area contributed by atoms with E-state index in [9.17, 15) is 4.79 Å². The highest BCUT2D eigenvalue weighted by molar-refractivity contribution is 9.10. The second kappa shape index (κ2) is 6.17. The molecule has 3 aromatic rings. The first kappa shape index (κ1) is 14.6. The molecule has 21 heavy (non-hydrogen) atoms. The molecule has 1 N–H and O–H groups in total. The van der Waals surface area contributed by atoms with Crippen molar-refractivity contribution in [3.8, 4) is 0 Å². The smallest absolute Gasteiger partial charge is 0.178 e. The molecule has 0 aliphatic rings. The van der Waals surface area contributed by atoms with E-state index in [0.717, 1.165) is 9.99 Å². The van der Waals surface area contributed by atoms with Crippen LogP contribution in [-0.2, 0) is 0 Å². The summed E-state index contributed by atoms with van der Waals surface area (Å²) >= 11 is 10.6. The standard InChI is InChI=1S/C14H9BrClN3OS/c15-9-3-1-8(2-4-9)12(20)7-21-14-18-11-5-10(16)6-17-13(11)19-14/h1-6H,7H2,(H,17,18,19). The number of fused-ring (bicyclic) bond motifs is 1. The lowest BCUT2D eigenvalue weighted by Gasteiger charge is -1.99. The summed E-state index contributed by atoms with van der Waals surface area (Å²) < 4.78 is 0.951. The van der Waals surface area contributed by atoms with Gasteiger partial charge in [0.15, 0.2) is 16.6 Å². The Hall–Kier alpha value is -1.37. The van der Waals surface area contributed by atoms with Gasteiger partial charge in [0.2, 0.25) is 0 Å². The van der Waals surface area contributed by atoms with Gasteiger partial charge in [0.25, 0.3) is 0 Å². The van der Waals surface area contributed by atoms with Crippen LogP contribution in [0.15, 0.2) is 46.2 Å². The highest BCUT2D eigenvalue weighted by Crippen LogP contribution is 2.21. The number of hydrogen-bond donors (Lipinski definition) is 1. The number of carbonyl (C=O) groups is 1. The largest absolute Gasteiger partial charge is 0.331 e. The number of nitrogens with one attached hydrogen (secondary N) is 1. The monoisotopic (exact) mass is 381 g/mol. The molecule has 3 rings (SSSR count). The average molecular weight is 383 g/mol. The molecule has 0 aliphatic carbocycles. The zero-order chi connectivity index (χ0) is 14.8. The Morgan fingerprint density at radius 2 is 2.10 bits per heavy atom. The van der Waals surface area contributed by atoms with Crippen LogP contribution in [-0.4, -0.2) is 26.5 Å². The maximum absolute atomic E-state index is 12.1. The second-order valence-corrected chi connectivity index (χ2v) is 6.60. The SMILES string of the molecule is O=C(CSc1nc2ncc(Cl)cc2[nH]1)c1ccc(Br)cc1. The minimum Gasteiger partial charge on any atom is -0.331 e. The third kappa shape index (κ3) is 3.45. The Kier molecular flexibility index (Phi) is 4.28. The number of pyridine rings is 1. The first-order valence-electron chi connectivity index (χ1n) is 6.04. The number of nitrogens with zero attached hydrogens (tertiary/aromatic N) is 2. The highest BCUT2D eigenvalue weighted by Gasteiger charge is 2.10. The normalized spacial score (nSPS) is 11.0. The molecule has 2 heterocycles. The van der Waals surface area contributed by atoms with E-state index in [1.807, 2.05) is 12.1 Å². The van der Waals surface area contributed by atoms with E-state index in [4.69, 9.17) is 11.6 Å². The Morgan fingerprint density at radius 3 is 2.86 bits per heavy atom. The van der Waals surface area contributed by atoms with E-state index >= 15 is 0 Å². The first-order chi connectivity index (χ1) is 10.1. The van der Waals surface area contributed by atoms with E-state index in [1.165, 1.54) is 11.8 Å². The first-order valence-corrected chi connectivity index (χ1v) is 8.20. The van der Waals surface area contributed by atoms with Crippen molar-refractivity contribution in [3.05, 3.63) is 51.6 Å². The fraction of sp³-hybridized carbons (Fsp3) is 0.0714. The number of ketones is 1. The molecule has 4 nitrogen and oxygen atoms in total. The lowest BCUT2D eigenvalue weighted by atomic mass is 10.2. The van der Waals surface area contributed by atoms with Crippen LogP contribution < -0.4 is 0 Å². The van der Waals surface area contributed by atoms with Gasteiger partial charge in [0, 0.05) is 16.2 Å². The molecule has 0 saturated carbocycles. The lowest BCUT2D eigenvalue weighted by molar-refractivity contribution is 0.102. The Bertz CT molecular complexity index is 804. The minimum atomic E-state index is 0.0546. The van der Waals surface area contributed by atoms with Gasteiger partial charge in [-0.1, -0.05) is 51.4 Å². The summed E-state index contributed by atoms with van der Waals surface area (Å²) in [6.45, 7) is 0. The van der Waals surface area contributed by atoms with Crippen LogP contribution in [0.5, 0.6) is 0 Å². The minimum absolute atomic E-state index is 0.0546. The van der Waals surface area contributed by atoms with E-state index in [-0.39, 0.29) is 5.78 Å². The van der Waals surface area contributed by atoms with Gasteiger partial charge >= 0.3 is 0 Å². The summed E-state index contributed by atoms with van der Waals surface area (Å²) in [6, 6.07) is 9.06. The number of rotatable bonds is 4. The van der Waals surface area contributed by atoms with Crippen molar-refractivity contribution in [3.63, 3.8) is 0 Å². The van der Waals surface area contributed by atoms with Gasteiger partial charge in [-0.05, 0) is 18.2 Å². The molecule has 1 aromatic carbocycles. The van der Waals surface area contributed by atoms with Gasteiger partial charge in [-0.25, -0.2) is 9.97 Å². The molecule has 0 aliphatic heterocycles. The Balaban J connectivity index is 1.71. The van der Waals surface area contributed by atoms with Crippen LogP contribution in [0.3, 0.4) is 0 Å². The molecule has 7 heteroatoms. The van der Waals surface area contributed by atoms with E-state index in [0.29, 0.717) is 27.1 Å². The summed E-state index contributed by atoms with van der Waals surface area (Å²) in [4.78, 5) is 23.6. The van der Waals surface area contributed by atoms with Crippen molar-refractivity contribution in [2.75, 3.05) is 5.75 Å². The number of hydrogen-bond acceptors (Lipinski definition) is 4. The second-order valence-electron chi connectivity index (χ2n) is 4.29. The van der Waals surface area contributed by atoms with Gasteiger partial charge in [-0.2, -0.15) is 0 Å². The summed E-state index contributed by atoms with van der Waals surface area (Å²) in [7, 11) is 0. The molecular formula is C14H9BrClN3OS. The molecule has 0 bridgehead atoms. The molecule has 0 saturated heterocycles. The molecule has 0 spiro atoms. The van der Waals surface area contributed by atoms with Gasteiger partial charge in [0.05, 0.1) is 16.3 Å². The van der Waals surface area contributed by atoms with Gasteiger partial charge < -0.3 is 4.98 Å². The molecule has 0 unspecified atom stereocenters. The van der Waals surface area contributed by atoms with Gasteiger partial charge in [-0.15, -0.1) is 0 Å². The van der Waals surface area contributed by atoms with E-state index in [1.54, 1.807) is 24.4 Å². The van der Waals surface area contributed by atoms with Crippen LogP contribution in [0.25, 0.3) is 11.2 Å². The van der Waals surface area contributed by atoms with Crippen LogP contribution >= 0.6 is 39.3 Å². The molecular weight excluding hydrogens is 374 g/mol. The Labute approximate surface area is 138 Å². The average Bonchev–Trinajstić information content (AvgIpc) is 2.87. The van der Waals surface area contributed by atoms with Gasteiger partial charge in [0.1, 0.15) is 0 Å². The fourth-order valence-electron chi connectivity index (χ4n) is 1.77. The molecule has 106 valence electrons. The topological polar surface area (TPSA) is 58.6 Å². The summed E-state index contributed by atoms with van der Waals surface area (Å²) in [5, 5.41) is 1.21. The summed E-state index contributed by atoms with van der Waals surface area (Å²) in [5.41, 5.74) is 2.04. The number of carbonyl (C=O) groups excluding carboxylic acids is 1.